The highest BCUT2D eigenvalue weighted by Gasteiger charge is 2.60. The molecule has 1 saturated carbocycles. The molecule has 0 bridgehead atoms. The van der Waals surface area contributed by atoms with E-state index in [2.05, 4.69) is 10.1 Å². The third-order valence-corrected chi connectivity index (χ3v) is 8.38. The quantitative estimate of drug-likeness (QED) is 0.356. The summed E-state index contributed by atoms with van der Waals surface area (Å²) in [6, 6.07) is 5.01. The molecule has 2 aliphatic rings. The van der Waals surface area contributed by atoms with Crippen LogP contribution in [0.25, 0.3) is 5.52 Å². The molecule has 3 aromatic rings. The molecule has 0 unspecified atom stereocenters. The minimum atomic E-state index is -2.12. The van der Waals surface area contributed by atoms with Gasteiger partial charge in [0.05, 0.1) is 11.1 Å². The molecule has 15 heteroatoms. The van der Waals surface area contributed by atoms with Crippen LogP contribution in [0, 0.1) is 29.6 Å². The van der Waals surface area contributed by atoms with Crippen LogP contribution in [0.4, 0.5) is 10.6 Å². The summed E-state index contributed by atoms with van der Waals surface area (Å²) < 4.78 is 33.1. The second kappa shape index (κ2) is 11.7. The molecule has 2 fully saturated rings. The summed E-state index contributed by atoms with van der Waals surface area (Å²) in [5.74, 6) is -1.12. The summed E-state index contributed by atoms with van der Waals surface area (Å²) in [5.41, 5.74) is 3.46. The fourth-order valence-corrected chi connectivity index (χ4v) is 5.79. The lowest BCUT2D eigenvalue weighted by molar-refractivity contribution is -0.164. The molecule has 4 heterocycles. The van der Waals surface area contributed by atoms with Gasteiger partial charge >= 0.3 is 17.9 Å². The molecule has 0 spiro atoms. The molecule has 1 aliphatic carbocycles. The summed E-state index contributed by atoms with van der Waals surface area (Å²) in [6.07, 6.45) is 0.290. The zero-order valence-electron chi connectivity index (χ0n) is 24.0. The number of carbonyl (C=O) groups excluding carboxylic acids is 2. The van der Waals surface area contributed by atoms with Crippen molar-refractivity contribution in [1.29, 1.82) is 5.26 Å². The molecule has 0 amide bonds. The maximum absolute atomic E-state index is 13.3. The number of nitrogens with zero attached hydrogens (tertiary/aromatic N) is 4. The molecule has 1 saturated heterocycles. The minimum Gasteiger partial charge on any atom is -0.462 e. The van der Waals surface area contributed by atoms with E-state index in [4.69, 9.17) is 33.5 Å². The molecule has 1 aliphatic heterocycles. The number of aromatic nitrogens is 3. The van der Waals surface area contributed by atoms with Crippen molar-refractivity contribution in [3.63, 3.8) is 0 Å². The Labute approximate surface area is 245 Å². The van der Waals surface area contributed by atoms with Crippen LogP contribution < -0.4 is 11.6 Å². The number of fused-ring (bicyclic) bond motifs is 1. The lowest BCUT2D eigenvalue weighted by Gasteiger charge is -2.35. The smallest absolute Gasteiger partial charge is 0.462 e. The Balaban J connectivity index is 1.40. The number of hydrogen-bond acceptors (Lipinski definition) is 14. The number of anilines is 1. The Hall–Kier alpha value is -4.42. The largest absolute Gasteiger partial charge is 0.519 e. The maximum Gasteiger partial charge on any atom is 0.519 e. The highest BCUT2D eigenvalue weighted by molar-refractivity contribution is 5.76. The van der Waals surface area contributed by atoms with Gasteiger partial charge in [-0.15, -0.1) is 0 Å². The molecule has 4 atom stereocenters. The summed E-state index contributed by atoms with van der Waals surface area (Å²) in [5, 5.41) is 26.0. The van der Waals surface area contributed by atoms with Gasteiger partial charge in [-0.1, -0.05) is 19.3 Å². The van der Waals surface area contributed by atoms with Crippen molar-refractivity contribution >= 4 is 23.5 Å². The molecular formula is C28H33N5O10. The maximum atomic E-state index is 13.3. The molecule has 0 aromatic carbocycles. The lowest BCUT2D eigenvalue weighted by atomic mass is 9.71. The second-order valence-corrected chi connectivity index (χ2v) is 11.3. The number of rotatable bonds is 8. The molecule has 0 radical (unpaired) electrons. The predicted molar refractivity (Wildman–Crippen MR) is 144 cm³/mol. The summed E-state index contributed by atoms with van der Waals surface area (Å²) in [7, 11) is 0. The van der Waals surface area contributed by atoms with Crippen LogP contribution in [-0.2, 0) is 35.9 Å². The first kappa shape index (κ1) is 30.1. The van der Waals surface area contributed by atoms with Crippen LogP contribution in [0.5, 0.6) is 0 Å². The van der Waals surface area contributed by atoms with E-state index in [-0.39, 0.29) is 29.0 Å². The number of esters is 1. The van der Waals surface area contributed by atoms with Gasteiger partial charge in [0, 0.05) is 0 Å². The fraction of sp³-hybridized carbons (Fsp3) is 0.571. The standard InChI is InChI=1S/C28H33N5O10/c1-15-18(41-26(37)40-15)11-39-25(36)42-21-19(12-38-24(35)27(2,3)16-7-5-4-6-8-16)43-28(13-29,22(21)34)20-10-9-17-23(30)31-14-32-33(17)20/h9-10,14,16,19,21-22,34H,4-8,11-12H2,1-3H3,(H2,30,31,32)/t19-,21-,22-,28+/m1/s1. The summed E-state index contributed by atoms with van der Waals surface area (Å²) >= 11 is 0. The Morgan fingerprint density at radius 2 is 1.98 bits per heavy atom. The lowest BCUT2D eigenvalue weighted by Crippen LogP contribution is -2.43. The number of nitrogen functional groups attached to an aromatic ring is 1. The van der Waals surface area contributed by atoms with Crippen LogP contribution in [0.1, 0.15) is 63.2 Å². The van der Waals surface area contributed by atoms with Crippen molar-refractivity contribution in [1.82, 2.24) is 14.6 Å². The van der Waals surface area contributed by atoms with Gasteiger partial charge in [-0.3, -0.25) is 4.79 Å². The van der Waals surface area contributed by atoms with Crippen LogP contribution in [0.2, 0.25) is 0 Å². The van der Waals surface area contributed by atoms with Crippen molar-refractivity contribution in [2.24, 2.45) is 11.3 Å². The van der Waals surface area contributed by atoms with Crippen molar-refractivity contribution in [2.45, 2.75) is 83.4 Å². The van der Waals surface area contributed by atoms with Crippen molar-refractivity contribution < 1.29 is 42.5 Å². The molecule has 15 nitrogen and oxygen atoms in total. The van der Waals surface area contributed by atoms with Crippen LogP contribution in [-0.4, -0.2) is 56.7 Å². The number of aryl methyl sites for hydroxylation is 1. The number of ether oxygens (including phenoxy) is 4. The van der Waals surface area contributed by atoms with E-state index in [9.17, 15) is 24.8 Å². The van der Waals surface area contributed by atoms with Gasteiger partial charge < -0.3 is 38.6 Å². The number of nitrogens with two attached hydrogens (primary N) is 1. The van der Waals surface area contributed by atoms with E-state index in [1.54, 1.807) is 6.07 Å². The number of aliphatic hydroxyl groups is 1. The Morgan fingerprint density at radius 1 is 1.23 bits per heavy atom. The van der Waals surface area contributed by atoms with Gasteiger partial charge in [0.1, 0.15) is 36.7 Å². The average molecular weight is 600 g/mol. The SMILES string of the molecule is Cc1oc(=O)oc1COC(=O)O[C@H]1[C@@H](O)[C@](C#N)(c2ccc3c(N)ncnn23)O[C@@H]1COC(=O)C(C)(C)C1CCCCC1. The van der Waals surface area contributed by atoms with E-state index in [1.165, 1.54) is 23.8 Å². The van der Waals surface area contributed by atoms with Crippen LogP contribution in [0.3, 0.4) is 0 Å². The number of carbonyl (C=O) groups is 2. The van der Waals surface area contributed by atoms with Crippen LogP contribution in [0.15, 0.2) is 32.1 Å². The third-order valence-electron chi connectivity index (χ3n) is 8.38. The van der Waals surface area contributed by atoms with E-state index in [0.29, 0.717) is 5.52 Å². The van der Waals surface area contributed by atoms with E-state index >= 15 is 0 Å². The summed E-state index contributed by atoms with van der Waals surface area (Å²) in [4.78, 5) is 41.2. The number of nitriles is 1. The van der Waals surface area contributed by atoms with Gasteiger partial charge in [0.25, 0.3) is 0 Å². The van der Waals surface area contributed by atoms with Crippen molar-refractivity contribution in [3.8, 4) is 6.07 Å². The second-order valence-electron chi connectivity index (χ2n) is 11.3. The first-order valence-electron chi connectivity index (χ1n) is 13.9. The Morgan fingerprint density at radius 3 is 2.65 bits per heavy atom. The van der Waals surface area contributed by atoms with Gasteiger partial charge in [-0.2, -0.15) is 10.4 Å². The van der Waals surface area contributed by atoms with Gasteiger partial charge in [-0.25, -0.2) is 19.1 Å². The minimum absolute atomic E-state index is 0.0381. The average Bonchev–Trinajstić information content (AvgIpc) is 3.65. The molecule has 230 valence electrons. The highest BCUT2D eigenvalue weighted by atomic mass is 16.7. The molecule has 3 N–H and O–H groups in total. The van der Waals surface area contributed by atoms with Crippen molar-refractivity contribution in [3.05, 3.63) is 46.3 Å². The number of aliphatic hydroxyl groups excluding tert-OH is 1. The van der Waals surface area contributed by atoms with E-state index in [0.717, 1.165) is 32.1 Å². The first-order valence-corrected chi connectivity index (χ1v) is 13.9. The third kappa shape index (κ3) is 5.55. The van der Waals surface area contributed by atoms with Gasteiger partial charge in [-0.05, 0) is 51.7 Å². The molecular weight excluding hydrogens is 566 g/mol. The summed E-state index contributed by atoms with van der Waals surface area (Å²) in [6.45, 7) is 4.16. The van der Waals surface area contributed by atoms with Crippen LogP contribution >= 0.6 is 0 Å². The Bertz CT molecular complexity index is 1600. The van der Waals surface area contributed by atoms with E-state index in [1.807, 2.05) is 19.9 Å². The fourth-order valence-electron chi connectivity index (χ4n) is 5.79. The zero-order chi connectivity index (χ0) is 30.9. The highest BCUT2D eigenvalue weighted by Crippen LogP contribution is 2.43. The number of hydrogen-bond donors (Lipinski definition) is 2. The molecule has 5 rings (SSSR count). The first-order chi connectivity index (χ1) is 20.5. The molecule has 43 heavy (non-hydrogen) atoms. The van der Waals surface area contributed by atoms with Gasteiger partial charge in [0.2, 0.25) is 5.60 Å². The van der Waals surface area contributed by atoms with E-state index < -0.39 is 60.5 Å². The monoisotopic (exact) mass is 599 g/mol. The Kier molecular flexibility index (Phi) is 8.17. The normalized spacial score (nSPS) is 24.5. The van der Waals surface area contributed by atoms with Gasteiger partial charge in [0.15, 0.2) is 30.0 Å². The predicted octanol–water partition coefficient (Wildman–Crippen LogP) is 2.52. The topological polar surface area (TPSA) is 215 Å². The zero-order valence-corrected chi connectivity index (χ0v) is 24.0. The van der Waals surface area contributed by atoms with Crippen molar-refractivity contribution in [2.75, 3.05) is 12.3 Å². The molecule has 3 aromatic heterocycles.